The van der Waals surface area contributed by atoms with Crippen molar-refractivity contribution in [3.8, 4) is 6.07 Å². The Morgan fingerprint density at radius 1 is 1.36 bits per heavy atom. The van der Waals surface area contributed by atoms with Crippen molar-refractivity contribution in [3.05, 3.63) is 57.0 Å². The van der Waals surface area contributed by atoms with E-state index in [1.165, 1.54) is 16.4 Å². The van der Waals surface area contributed by atoms with Gasteiger partial charge in [0.05, 0.1) is 28.3 Å². The third kappa shape index (κ3) is 3.52. The van der Waals surface area contributed by atoms with Crippen LogP contribution >= 0.6 is 23.4 Å². The van der Waals surface area contributed by atoms with Crippen molar-refractivity contribution in [2.45, 2.75) is 37.0 Å². The fraction of sp³-hybridized carbons (Fsp3) is 0.312. The van der Waals surface area contributed by atoms with Crippen molar-refractivity contribution in [2.24, 2.45) is 0 Å². The minimum Gasteiger partial charge on any atom is -0.266 e. The summed E-state index contributed by atoms with van der Waals surface area (Å²) in [7, 11) is 0. The molecule has 0 aliphatic carbocycles. The molecule has 0 unspecified atom stereocenters. The van der Waals surface area contributed by atoms with Gasteiger partial charge in [0, 0.05) is 5.75 Å². The van der Waals surface area contributed by atoms with E-state index in [9.17, 15) is 4.79 Å². The van der Waals surface area contributed by atoms with Crippen LogP contribution in [0.2, 0.25) is 5.02 Å². The highest BCUT2D eigenvalue weighted by Gasteiger charge is 2.19. The molecule has 22 heavy (non-hydrogen) atoms. The van der Waals surface area contributed by atoms with Crippen LogP contribution < -0.4 is 5.56 Å². The molecule has 0 bridgehead atoms. The number of rotatable bonds is 3. The van der Waals surface area contributed by atoms with Gasteiger partial charge in [-0.05, 0) is 32.4 Å². The summed E-state index contributed by atoms with van der Waals surface area (Å²) in [5.74, 6) is 0.560. The number of hydrogen-bond donors (Lipinski definition) is 0. The topological polar surface area (TPSA) is 58.7 Å². The first-order valence-electron chi connectivity index (χ1n) is 6.73. The Kier molecular flexibility index (Phi) is 4.94. The lowest BCUT2D eigenvalue weighted by Crippen LogP contribution is -2.36. The van der Waals surface area contributed by atoms with E-state index in [2.05, 4.69) is 11.2 Å². The standard InChI is InChI=1S/C16H16ClN3OS/c1-16(2,3)20-15(21)14(17)13(9-19-20)22-10-12-7-5-4-6-11(12)8-18/h4-7,9H,10H2,1-3H3. The predicted molar refractivity (Wildman–Crippen MR) is 89.2 cm³/mol. The molecule has 1 heterocycles. The zero-order chi connectivity index (χ0) is 16.3. The fourth-order valence-corrected chi connectivity index (χ4v) is 3.10. The molecule has 0 spiro atoms. The first kappa shape index (κ1) is 16.6. The maximum Gasteiger partial charge on any atom is 0.287 e. The van der Waals surface area contributed by atoms with Gasteiger partial charge in [0.2, 0.25) is 0 Å². The summed E-state index contributed by atoms with van der Waals surface area (Å²) in [5.41, 5.74) is 0.818. The number of nitrogens with zero attached hydrogens (tertiary/aromatic N) is 3. The van der Waals surface area contributed by atoms with Gasteiger partial charge in [-0.3, -0.25) is 4.79 Å². The zero-order valence-electron chi connectivity index (χ0n) is 12.6. The van der Waals surface area contributed by atoms with Crippen molar-refractivity contribution in [1.82, 2.24) is 9.78 Å². The second-order valence-corrected chi connectivity index (χ2v) is 7.16. The third-order valence-corrected chi connectivity index (χ3v) is 4.60. The molecule has 0 saturated carbocycles. The number of halogens is 1. The first-order valence-corrected chi connectivity index (χ1v) is 8.10. The molecule has 0 atom stereocenters. The van der Waals surface area contributed by atoms with Crippen molar-refractivity contribution in [3.63, 3.8) is 0 Å². The van der Waals surface area contributed by atoms with E-state index in [0.29, 0.717) is 16.2 Å². The lowest BCUT2D eigenvalue weighted by molar-refractivity contribution is 0.336. The van der Waals surface area contributed by atoms with Gasteiger partial charge < -0.3 is 0 Å². The average Bonchev–Trinajstić information content (AvgIpc) is 2.47. The predicted octanol–water partition coefficient (Wildman–Crippen LogP) is 3.82. The number of nitriles is 1. The van der Waals surface area contributed by atoms with Gasteiger partial charge >= 0.3 is 0 Å². The van der Waals surface area contributed by atoms with E-state index in [1.807, 2.05) is 39.0 Å². The summed E-state index contributed by atoms with van der Waals surface area (Å²) >= 11 is 7.59. The molecule has 1 aromatic carbocycles. The molecule has 0 aliphatic heterocycles. The summed E-state index contributed by atoms with van der Waals surface area (Å²) in [5, 5.41) is 13.5. The molecule has 2 rings (SSSR count). The zero-order valence-corrected chi connectivity index (χ0v) is 14.2. The van der Waals surface area contributed by atoms with Crippen LogP contribution in [-0.4, -0.2) is 9.78 Å². The number of aromatic nitrogens is 2. The number of hydrogen-bond acceptors (Lipinski definition) is 4. The minimum atomic E-state index is -0.419. The summed E-state index contributed by atoms with van der Waals surface area (Å²) < 4.78 is 1.38. The summed E-state index contributed by atoms with van der Waals surface area (Å²) in [6, 6.07) is 9.53. The molecule has 0 N–H and O–H groups in total. The normalized spacial score (nSPS) is 11.2. The van der Waals surface area contributed by atoms with E-state index in [1.54, 1.807) is 12.3 Å². The van der Waals surface area contributed by atoms with Gasteiger partial charge in [-0.2, -0.15) is 10.4 Å². The molecule has 1 aromatic heterocycles. The van der Waals surface area contributed by atoms with Gasteiger partial charge in [-0.25, -0.2) is 4.68 Å². The average molecular weight is 334 g/mol. The summed E-state index contributed by atoms with van der Waals surface area (Å²) in [6.07, 6.45) is 1.61. The van der Waals surface area contributed by atoms with Crippen LogP contribution in [0, 0.1) is 11.3 Å². The van der Waals surface area contributed by atoms with Crippen molar-refractivity contribution in [1.29, 1.82) is 5.26 Å². The van der Waals surface area contributed by atoms with Crippen LogP contribution in [0.4, 0.5) is 0 Å². The monoisotopic (exact) mass is 333 g/mol. The van der Waals surface area contributed by atoms with Gasteiger partial charge in [0.15, 0.2) is 0 Å². The molecule has 4 nitrogen and oxygen atoms in total. The van der Waals surface area contributed by atoms with Gasteiger partial charge in [-0.15, -0.1) is 11.8 Å². The molecular weight excluding hydrogens is 318 g/mol. The van der Waals surface area contributed by atoms with Crippen molar-refractivity contribution in [2.75, 3.05) is 0 Å². The lowest BCUT2D eigenvalue weighted by atomic mass is 10.1. The molecular formula is C16H16ClN3OS. The van der Waals surface area contributed by atoms with Crippen LogP contribution in [-0.2, 0) is 11.3 Å². The largest absolute Gasteiger partial charge is 0.287 e. The molecule has 0 saturated heterocycles. The quantitative estimate of drug-likeness (QED) is 0.801. The van der Waals surface area contributed by atoms with Gasteiger partial charge in [0.1, 0.15) is 5.02 Å². The molecule has 6 heteroatoms. The SMILES string of the molecule is CC(C)(C)n1ncc(SCc2ccccc2C#N)c(Cl)c1=O. The van der Waals surface area contributed by atoms with Crippen LogP contribution in [0.5, 0.6) is 0 Å². The lowest BCUT2D eigenvalue weighted by Gasteiger charge is -2.21. The second-order valence-electron chi connectivity index (χ2n) is 5.77. The Labute approximate surface area is 138 Å². The second kappa shape index (κ2) is 6.55. The first-order chi connectivity index (χ1) is 10.3. The van der Waals surface area contributed by atoms with Crippen LogP contribution in [0.1, 0.15) is 31.9 Å². The summed E-state index contributed by atoms with van der Waals surface area (Å²) in [6.45, 7) is 5.69. The Balaban J connectivity index is 2.27. The fourth-order valence-electron chi connectivity index (χ4n) is 1.91. The van der Waals surface area contributed by atoms with E-state index in [-0.39, 0.29) is 10.6 Å². The Morgan fingerprint density at radius 3 is 2.68 bits per heavy atom. The molecule has 0 aliphatic rings. The van der Waals surface area contributed by atoms with Gasteiger partial charge in [0.25, 0.3) is 5.56 Å². The van der Waals surface area contributed by atoms with Crippen LogP contribution in [0.25, 0.3) is 0 Å². The summed E-state index contributed by atoms with van der Waals surface area (Å²) in [4.78, 5) is 12.9. The van der Waals surface area contributed by atoms with E-state index in [4.69, 9.17) is 16.9 Å². The highest BCUT2D eigenvalue weighted by atomic mass is 35.5. The van der Waals surface area contributed by atoms with E-state index in [0.717, 1.165) is 5.56 Å². The Hall–Kier alpha value is -1.77. The smallest absolute Gasteiger partial charge is 0.266 e. The van der Waals surface area contributed by atoms with E-state index >= 15 is 0 Å². The molecule has 0 radical (unpaired) electrons. The Bertz CT molecular complexity index is 787. The number of benzene rings is 1. The Morgan fingerprint density at radius 2 is 2.05 bits per heavy atom. The molecule has 0 amide bonds. The molecule has 0 fully saturated rings. The van der Waals surface area contributed by atoms with Crippen molar-refractivity contribution < 1.29 is 0 Å². The maximum absolute atomic E-state index is 12.3. The highest BCUT2D eigenvalue weighted by Crippen LogP contribution is 2.28. The molecule has 114 valence electrons. The van der Waals surface area contributed by atoms with Crippen molar-refractivity contribution >= 4 is 23.4 Å². The van der Waals surface area contributed by atoms with Crippen LogP contribution in [0.3, 0.4) is 0 Å². The highest BCUT2D eigenvalue weighted by molar-refractivity contribution is 7.98. The maximum atomic E-state index is 12.3. The third-order valence-electron chi connectivity index (χ3n) is 3.04. The van der Waals surface area contributed by atoms with Crippen LogP contribution in [0.15, 0.2) is 40.2 Å². The van der Waals surface area contributed by atoms with E-state index < -0.39 is 5.54 Å². The van der Waals surface area contributed by atoms with Gasteiger partial charge in [-0.1, -0.05) is 29.8 Å². The number of thioether (sulfide) groups is 1. The molecule has 2 aromatic rings. The minimum absolute atomic E-state index is 0.171.